The molecular formula is C17H25F2NO. The van der Waals surface area contributed by atoms with Gasteiger partial charge in [-0.3, -0.25) is 4.90 Å². The quantitative estimate of drug-likeness (QED) is 0.919. The summed E-state index contributed by atoms with van der Waals surface area (Å²) in [4.78, 5) is 2.32. The molecule has 21 heavy (non-hydrogen) atoms. The summed E-state index contributed by atoms with van der Waals surface area (Å²) in [5, 5.41) is 10.6. The molecule has 1 saturated heterocycles. The summed E-state index contributed by atoms with van der Waals surface area (Å²) in [6.45, 7) is 6.04. The molecule has 1 heterocycles. The predicted molar refractivity (Wildman–Crippen MR) is 80.2 cm³/mol. The minimum atomic E-state index is -0.854. The van der Waals surface area contributed by atoms with E-state index in [1.807, 2.05) is 13.8 Å². The van der Waals surface area contributed by atoms with Crippen molar-refractivity contribution in [3.63, 3.8) is 0 Å². The van der Waals surface area contributed by atoms with Gasteiger partial charge in [-0.05, 0) is 57.5 Å². The van der Waals surface area contributed by atoms with Crippen molar-refractivity contribution in [2.45, 2.75) is 57.6 Å². The van der Waals surface area contributed by atoms with Crippen molar-refractivity contribution >= 4 is 0 Å². The van der Waals surface area contributed by atoms with Crippen LogP contribution in [0.4, 0.5) is 8.78 Å². The Bertz CT molecular complexity index is 468. The molecule has 0 amide bonds. The lowest BCUT2D eigenvalue weighted by Crippen LogP contribution is -2.53. The third-order valence-electron chi connectivity index (χ3n) is 4.65. The summed E-state index contributed by atoms with van der Waals surface area (Å²) in [7, 11) is 0. The predicted octanol–water partition coefficient (Wildman–Crippen LogP) is 3.52. The summed E-state index contributed by atoms with van der Waals surface area (Å²) < 4.78 is 26.2. The normalized spacial score (nSPS) is 19.3. The van der Waals surface area contributed by atoms with Crippen LogP contribution >= 0.6 is 0 Å². The fourth-order valence-corrected chi connectivity index (χ4v) is 3.00. The third kappa shape index (κ3) is 4.01. The molecule has 1 unspecified atom stereocenters. The van der Waals surface area contributed by atoms with Crippen molar-refractivity contribution in [3.8, 4) is 0 Å². The molecule has 2 rings (SSSR count). The maximum absolute atomic E-state index is 13.3. The van der Waals surface area contributed by atoms with Gasteiger partial charge in [0.15, 0.2) is 11.6 Å². The maximum Gasteiger partial charge on any atom is 0.159 e. The van der Waals surface area contributed by atoms with Gasteiger partial charge in [0, 0.05) is 12.0 Å². The lowest BCUT2D eigenvalue weighted by molar-refractivity contribution is -0.00790. The van der Waals surface area contributed by atoms with E-state index in [-0.39, 0.29) is 5.54 Å². The number of halogens is 2. The van der Waals surface area contributed by atoms with Gasteiger partial charge in [-0.1, -0.05) is 18.9 Å². The fraction of sp³-hybridized carbons (Fsp3) is 0.647. The first-order chi connectivity index (χ1) is 9.91. The molecule has 2 nitrogen and oxygen atoms in total. The third-order valence-corrected chi connectivity index (χ3v) is 4.65. The van der Waals surface area contributed by atoms with E-state index in [1.165, 1.54) is 18.9 Å². The van der Waals surface area contributed by atoms with E-state index in [1.54, 1.807) is 6.07 Å². The molecule has 1 aliphatic heterocycles. The first-order valence-corrected chi connectivity index (χ1v) is 7.78. The molecule has 0 radical (unpaired) electrons. The number of rotatable bonds is 4. The average molecular weight is 297 g/mol. The van der Waals surface area contributed by atoms with Gasteiger partial charge >= 0.3 is 0 Å². The van der Waals surface area contributed by atoms with E-state index in [2.05, 4.69) is 4.90 Å². The van der Waals surface area contributed by atoms with Gasteiger partial charge in [-0.2, -0.15) is 0 Å². The molecule has 0 saturated carbocycles. The zero-order chi connectivity index (χ0) is 15.5. The average Bonchev–Trinajstić information content (AvgIpc) is 2.72. The summed E-state index contributed by atoms with van der Waals surface area (Å²) in [5.41, 5.74) is 0.263. The molecule has 0 aliphatic carbocycles. The van der Waals surface area contributed by atoms with Gasteiger partial charge in [-0.15, -0.1) is 0 Å². The fourth-order valence-electron chi connectivity index (χ4n) is 3.00. The van der Waals surface area contributed by atoms with Crippen molar-refractivity contribution < 1.29 is 13.9 Å². The van der Waals surface area contributed by atoms with Crippen molar-refractivity contribution in [1.82, 2.24) is 4.90 Å². The van der Waals surface area contributed by atoms with E-state index in [0.717, 1.165) is 32.0 Å². The van der Waals surface area contributed by atoms with Crippen molar-refractivity contribution in [2.75, 3.05) is 13.1 Å². The smallest absolute Gasteiger partial charge is 0.159 e. The highest BCUT2D eigenvalue weighted by molar-refractivity contribution is 5.19. The summed E-state index contributed by atoms with van der Waals surface area (Å²) >= 11 is 0. The Kier molecular flexibility index (Phi) is 5.33. The highest BCUT2D eigenvalue weighted by atomic mass is 19.2. The van der Waals surface area contributed by atoms with E-state index in [0.29, 0.717) is 12.0 Å². The number of hydrogen-bond acceptors (Lipinski definition) is 2. The number of benzene rings is 1. The monoisotopic (exact) mass is 297 g/mol. The number of likely N-dealkylation sites (tertiary alicyclic amines) is 1. The van der Waals surface area contributed by atoms with E-state index in [9.17, 15) is 13.9 Å². The Morgan fingerprint density at radius 2 is 1.71 bits per heavy atom. The van der Waals surface area contributed by atoms with E-state index >= 15 is 0 Å². The van der Waals surface area contributed by atoms with Crippen LogP contribution in [0.15, 0.2) is 18.2 Å². The lowest BCUT2D eigenvalue weighted by atomic mass is 9.89. The Hall–Kier alpha value is -1.00. The highest BCUT2D eigenvalue weighted by Gasteiger charge is 2.34. The van der Waals surface area contributed by atoms with Gasteiger partial charge < -0.3 is 5.11 Å². The van der Waals surface area contributed by atoms with Crippen LogP contribution in [-0.2, 0) is 6.42 Å². The number of hydrogen-bond donors (Lipinski definition) is 1. The molecule has 118 valence electrons. The number of aliphatic hydroxyl groups excluding tert-OH is 1. The molecule has 1 aliphatic rings. The van der Waals surface area contributed by atoms with Gasteiger partial charge in [0.25, 0.3) is 0 Å². The van der Waals surface area contributed by atoms with Crippen LogP contribution in [0.25, 0.3) is 0 Å². The zero-order valence-corrected chi connectivity index (χ0v) is 12.9. The first-order valence-electron chi connectivity index (χ1n) is 7.78. The molecule has 1 atom stereocenters. The second-order valence-corrected chi connectivity index (χ2v) is 6.52. The SMILES string of the molecule is CC(C)(C(O)Cc1ccc(F)c(F)c1)N1CCCCCC1. The lowest BCUT2D eigenvalue weighted by Gasteiger charge is -2.41. The molecule has 1 aromatic carbocycles. The Morgan fingerprint density at radius 1 is 1.10 bits per heavy atom. The molecule has 4 heteroatoms. The molecular weight excluding hydrogens is 272 g/mol. The Labute approximate surface area is 125 Å². The van der Waals surface area contributed by atoms with Gasteiger partial charge in [0.1, 0.15) is 0 Å². The van der Waals surface area contributed by atoms with E-state index < -0.39 is 17.7 Å². The molecule has 1 N–H and O–H groups in total. The molecule has 0 bridgehead atoms. The van der Waals surface area contributed by atoms with Crippen LogP contribution in [-0.4, -0.2) is 34.7 Å². The van der Waals surface area contributed by atoms with Gasteiger partial charge in [0.2, 0.25) is 0 Å². The van der Waals surface area contributed by atoms with Crippen LogP contribution < -0.4 is 0 Å². The van der Waals surface area contributed by atoms with E-state index in [4.69, 9.17) is 0 Å². The van der Waals surface area contributed by atoms with Crippen LogP contribution in [0.2, 0.25) is 0 Å². The van der Waals surface area contributed by atoms with Crippen LogP contribution in [0.3, 0.4) is 0 Å². The van der Waals surface area contributed by atoms with Crippen molar-refractivity contribution in [2.24, 2.45) is 0 Å². The maximum atomic E-state index is 13.3. The zero-order valence-electron chi connectivity index (χ0n) is 12.9. The Morgan fingerprint density at radius 3 is 2.29 bits per heavy atom. The van der Waals surface area contributed by atoms with Crippen molar-refractivity contribution in [1.29, 1.82) is 0 Å². The molecule has 1 aromatic rings. The number of aliphatic hydroxyl groups is 1. The second-order valence-electron chi connectivity index (χ2n) is 6.52. The van der Waals surface area contributed by atoms with Crippen LogP contribution in [0.1, 0.15) is 45.1 Å². The molecule has 0 aromatic heterocycles. The molecule has 1 fully saturated rings. The Balaban J connectivity index is 2.05. The minimum absolute atomic E-state index is 0.334. The minimum Gasteiger partial charge on any atom is -0.391 e. The summed E-state index contributed by atoms with van der Waals surface area (Å²) in [6, 6.07) is 3.84. The topological polar surface area (TPSA) is 23.5 Å². The summed E-state index contributed by atoms with van der Waals surface area (Å²) in [5.74, 6) is -1.70. The second kappa shape index (κ2) is 6.84. The largest absolute Gasteiger partial charge is 0.391 e. The van der Waals surface area contributed by atoms with Gasteiger partial charge in [-0.25, -0.2) is 8.78 Å². The van der Waals surface area contributed by atoms with Crippen molar-refractivity contribution in [3.05, 3.63) is 35.4 Å². The summed E-state index contributed by atoms with van der Waals surface area (Å²) in [6.07, 6.45) is 4.52. The van der Waals surface area contributed by atoms with Crippen LogP contribution in [0.5, 0.6) is 0 Å². The molecule has 0 spiro atoms. The van der Waals surface area contributed by atoms with Crippen LogP contribution in [0, 0.1) is 11.6 Å². The highest BCUT2D eigenvalue weighted by Crippen LogP contribution is 2.25. The first kappa shape index (κ1) is 16.4. The standard InChI is InChI=1S/C17H25F2NO/c1-17(2,20-9-5-3-4-6-10-20)16(21)12-13-7-8-14(18)15(19)11-13/h7-8,11,16,21H,3-6,9-10,12H2,1-2H3. The number of nitrogens with zero attached hydrogens (tertiary/aromatic N) is 1. The van der Waals surface area contributed by atoms with Gasteiger partial charge in [0.05, 0.1) is 6.10 Å².